The van der Waals surface area contributed by atoms with Crippen LogP contribution in [0.1, 0.15) is 30.7 Å². The molecule has 2 aromatic rings. The Hall–Kier alpha value is -2.76. The zero-order chi connectivity index (χ0) is 17.4. The third kappa shape index (κ3) is 2.35. The molecule has 0 fully saturated rings. The van der Waals surface area contributed by atoms with Crippen LogP contribution in [0, 0.1) is 0 Å². The fourth-order valence-corrected chi connectivity index (χ4v) is 3.53. The van der Waals surface area contributed by atoms with Crippen molar-refractivity contribution in [2.24, 2.45) is 0 Å². The number of carbonyl (C=O) groups is 2. The number of carboxylic acids is 2. The Morgan fingerprint density at radius 3 is 2.62 bits per heavy atom. The van der Waals surface area contributed by atoms with Gasteiger partial charge in [0.05, 0.1) is 11.3 Å². The predicted octanol–water partition coefficient (Wildman–Crippen LogP) is 2.25. The van der Waals surface area contributed by atoms with Crippen molar-refractivity contribution in [3.8, 4) is 0 Å². The minimum absolute atomic E-state index is 0.105. The quantitative estimate of drug-likeness (QED) is 0.801. The van der Waals surface area contributed by atoms with Crippen molar-refractivity contribution in [1.82, 2.24) is 9.88 Å². The van der Waals surface area contributed by atoms with Gasteiger partial charge in [-0.2, -0.15) is 0 Å². The maximum Gasteiger partial charge on any atom is 0.339 e. The van der Waals surface area contributed by atoms with Gasteiger partial charge in [-0.25, -0.2) is 9.59 Å². The van der Waals surface area contributed by atoms with Crippen molar-refractivity contribution >= 4 is 28.4 Å². The first-order valence-electron chi connectivity index (χ1n) is 8.05. The van der Waals surface area contributed by atoms with Crippen molar-refractivity contribution in [1.29, 1.82) is 0 Å². The summed E-state index contributed by atoms with van der Waals surface area (Å²) in [5.74, 6) is -2.06. The molecule has 6 heteroatoms. The third-order valence-electron chi connectivity index (χ3n) is 4.59. The number of aromatic nitrogens is 1. The lowest BCUT2D eigenvalue weighted by Crippen LogP contribution is -2.34. The third-order valence-corrected chi connectivity index (χ3v) is 4.59. The number of benzene rings is 1. The monoisotopic (exact) mass is 328 g/mol. The Bertz CT molecular complexity index is 864. The van der Waals surface area contributed by atoms with Gasteiger partial charge in [0.1, 0.15) is 6.04 Å². The first-order chi connectivity index (χ1) is 11.5. The van der Waals surface area contributed by atoms with Crippen LogP contribution in [0.5, 0.6) is 0 Å². The Labute approximate surface area is 139 Å². The minimum Gasteiger partial charge on any atom is -0.480 e. The molecule has 0 amide bonds. The molecule has 0 aliphatic carbocycles. The van der Waals surface area contributed by atoms with E-state index in [1.807, 2.05) is 36.6 Å². The van der Waals surface area contributed by atoms with E-state index in [0.29, 0.717) is 12.2 Å². The minimum atomic E-state index is -1.06. The van der Waals surface area contributed by atoms with Gasteiger partial charge in [-0.15, -0.1) is 0 Å². The van der Waals surface area contributed by atoms with Crippen LogP contribution in [0.2, 0.25) is 0 Å². The van der Waals surface area contributed by atoms with E-state index in [-0.39, 0.29) is 12.0 Å². The molecule has 3 rings (SSSR count). The fraction of sp³-hybridized carbons (Fsp3) is 0.333. The molecular formula is C18H20N2O4. The topological polar surface area (TPSA) is 91.6 Å². The highest BCUT2D eigenvalue weighted by Gasteiger charge is 2.31. The number of fused-ring (bicyclic) bond motifs is 3. The summed E-state index contributed by atoms with van der Waals surface area (Å²) in [7, 11) is 0. The van der Waals surface area contributed by atoms with Crippen molar-refractivity contribution in [2.75, 3.05) is 0 Å². The number of aliphatic carboxylic acids is 2. The van der Waals surface area contributed by atoms with Gasteiger partial charge in [-0.3, -0.25) is 0 Å². The van der Waals surface area contributed by atoms with Gasteiger partial charge < -0.3 is 20.1 Å². The molecule has 1 atom stereocenters. The van der Waals surface area contributed by atoms with Crippen LogP contribution >= 0.6 is 0 Å². The number of aryl methyl sites for hydroxylation is 2. The van der Waals surface area contributed by atoms with Crippen LogP contribution in [0.3, 0.4) is 0 Å². The van der Waals surface area contributed by atoms with Crippen molar-refractivity contribution in [3.05, 3.63) is 41.2 Å². The number of rotatable bonds is 4. The summed E-state index contributed by atoms with van der Waals surface area (Å²) in [6, 6.07) is 5.10. The molecule has 2 heterocycles. The molecule has 1 aliphatic rings. The molecule has 0 bridgehead atoms. The van der Waals surface area contributed by atoms with E-state index in [1.54, 1.807) is 0 Å². The molecule has 0 spiro atoms. The average molecular weight is 328 g/mol. The molecule has 1 aliphatic heterocycles. The zero-order valence-electron chi connectivity index (χ0n) is 13.7. The number of nitrogens with zero attached hydrogens (tertiary/aromatic N) is 1. The van der Waals surface area contributed by atoms with Crippen LogP contribution in [0.15, 0.2) is 24.4 Å². The highest BCUT2D eigenvalue weighted by molar-refractivity contribution is 6.17. The average Bonchev–Trinajstić information content (AvgIpc) is 2.73. The molecule has 1 aromatic carbocycles. The largest absolute Gasteiger partial charge is 0.480 e. The van der Waals surface area contributed by atoms with Crippen LogP contribution < -0.4 is 5.32 Å². The lowest BCUT2D eigenvalue weighted by molar-refractivity contribution is -0.139. The lowest BCUT2D eigenvalue weighted by atomic mass is 9.97. The molecular weight excluding hydrogens is 308 g/mol. The summed E-state index contributed by atoms with van der Waals surface area (Å²) < 4.78 is 1.97. The van der Waals surface area contributed by atoms with Crippen molar-refractivity contribution in [3.63, 3.8) is 0 Å². The summed E-state index contributed by atoms with van der Waals surface area (Å²) >= 11 is 0. The van der Waals surface area contributed by atoms with Gasteiger partial charge >= 0.3 is 11.9 Å². The standard InChI is InChI=1S/C18H20N2O4/c1-3-10-6-5-7-14-15(10)11-8-13(18(23)24)19-9-12(17(21)22)16(11)20(14)4-2/h5-7,9,13,19H,3-4,8H2,1-2H3,(H,21,22)(H,23,24)/t13-/m1/s1. The van der Waals surface area contributed by atoms with E-state index in [1.165, 1.54) is 6.20 Å². The summed E-state index contributed by atoms with van der Waals surface area (Å²) in [5, 5.41) is 22.8. The van der Waals surface area contributed by atoms with Crippen LogP contribution in [-0.2, 0) is 29.0 Å². The molecule has 3 N–H and O–H groups in total. The Balaban J connectivity index is 2.41. The number of carboxylic acid groups (broad SMARTS) is 2. The number of hydrogen-bond donors (Lipinski definition) is 3. The van der Waals surface area contributed by atoms with Crippen LogP contribution in [0.25, 0.3) is 16.5 Å². The van der Waals surface area contributed by atoms with Gasteiger partial charge in [0, 0.05) is 30.1 Å². The van der Waals surface area contributed by atoms with Gasteiger partial charge in [-0.1, -0.05) is 19.1 Å². The smallest absolute Gasteiger partial charge is 0.339 e. The summed E-state index contributed by atoms with van der Waals surface area (Å²) in [4.78, 5) is 23.3. The fourth-order valence-electron chi connectivity index (χ4n) is 3.53. The number of hydrogen-bond acceptors (Lipinski definition) is 3. The van der Waals surface area contributed by atoms with E-state index in [9.17, 15) is 19.8 Å². The molecule has 0 saturated carbocycles. The highest BCUT2D eigenvalue weighted by atomic mass is 16.4. The Morgan fingerprint density at radius 1 is 1.29 bits per heavy atom. The maximum atomic E-state index is 11.8. The Morgan fingerprint density at radius 2 is 2.04 bits per heavy atom. The zero-order valence-corrected chi connectivity index (χ0v) is 13.7. The molecule has 24 heavy (non-hydrogen) atoms. The summed E-state index contributed by atoms with van der Waals surface area (Å²) in [6.07, 6.45) is 2.37. The lowest BCUT2D eigenvalue weighted by Gasteiger charge is -2.11. The first-order valence-corrected chi connectivity index (χ1v) is 8.05. The SMILES string of the molecule is CCc1cccc2c1c1c(n2CC)C(C(=O)O)=CN[C@@H](C(=O)O)C1. The predicted molar refractivity (Wildman–Crippen MR) is 90.9 cm³/mol. The van der Waals surface area contributed by atoms with E-state index in [0.717, 1.165) is 28.5 Å². The normalized spacial score (nSPS) is 16.9. The molecule has 0 saturated heterocycles. The maximum absolute atomic E-state index is 11.8. The van der Waals surface area contributed by atoms with Crippen LogP contribution in [-0.4, -0.2) is 32.8 Å². The molecule has 1 aromatic heterocycles. The van der Waals surface area contributed by atoms with Crippen molar-refractivity contribution in [2.45, 2.75) is 39.3 Å². The molecule has 6 nitrogen and oxygen atoms in total. The second-order valence-electron chi connectivity index (χ2n) is 5.86. The van der Waals surface area contributed by atoms with Gasteiger partial charge in [0.2, 0.25) is 0 Å². The number of nitrogens with one attached hydrogen (secondary N) is 1. The summed E-state index contributed by atoms with van der Waals surface area (Å²) in [5.41, 5.74) is 3.58. The van der Waals surface area contributed by atoms with E-state index in [4.69, 9.17) is 0 Å². The summed E-state index contributed by atoms with van der Waals surface area (Å²) in [6.45, 7) is 4.62. The van der Waals surface area contributed by atoms with E-state index in [2.05, 4.69) is 5.32 Å². The van der Waals surface area contributed by atoms with Crippen molar-refractivity contribution < 1.29 is 19.8 Å². The Kier molecular flexibility index (Phi) is 4.05. The van der Waals surface area contributed by atoms with Gasteiger partial charge in [-0.05, 0) is 30.5 Å². The molecule has 0 unspecified atom stereocenters. The molecule has 126 valence electrons. The van der Waals surface area contributed by atoms with Crippen LogP contribution in [0.4, 0.5) is 0 Å². The second kappa shape index (κ2) is 6.03. The molecule has 0 radical (unpaired) electrons. The van der Waals surface area contributed by atoms with E-state index < -0.39 is 18.0 Å². The van der Waals surface area contributed by atoms with Gasteiger partial charge in [0.25, 0.3) is 0 Å². The first kappa shape index (κ1) is 16.1. The van der Waals surface area contributed by atoms with Gasteiger partial charge in [0.15, 0.2) is 0 Å². The van der Waals surface area contributed by atoms with E-state index >= 15 is 0 Å². The highest BCUT2D eigenvalue weighted by Crippen LogP contribution is 2.35. The second-order valence-corrected chi connectivity index (χ2v) is 5.86.